The molecule has 0 atom stereocenters. The molecule has 3 aromatic rings. The van der Waals surface area contributed by atoms with Gasteiger partial charge < -0.3 is 9.47 Å². The lowest BCUT2D eigenvalue weighted by molar-refractivity contribution is 0.0521. The summed E-state index contributed by atoms with van der Waals surface area (Å²) in [7, 11) is 1.58. The molecular weight excluding hydrogens is 332 g/mol. The van der Waals surface area contributed by atoms with Crippen molar-refractivity contribution >= 4 is 23.1 Å². The SMILES string of the molecule is CCOC(=O)c1nc2cccc(C)n2c1N=Nc1cc(C)ccc1OC. The molecule has 0 N–H and O–H groups in total. The Bertz CT molecular complexity index is 992. The molecule has 0 aliphatic rings. The molecule has 1 aromatic carbocycles. The van der Waals surface area contributed by atoms with E-state index in [0.717, 1.165) is 11.3 Å². The maximum Gasteiger partial charge on any atom is 0.360 e. The fourth-order valence-electron chi connectivity index (χ4n) is 2.64. The van der Waals surface area contributed by atoms with Crippen molar-refractivity contribution in [2.24, 2.45) is 10.2 Å². The first-order valence-corrected chi connectivity index (χ1v) is 8.26. The van der Waals surface area contributed by atoms with Gasteiger partial charge in [-0.3, -0.25) is 4.40 Å². The molecule has 0 fully saturated rings. The molecular formula is C19H20N4O3. The zero-order valence-corrected chi connectivity index (χ0v) is 15.2. The third kappa shape index (κ3) is 3.28. The van der Waals surface area contributed by atoms with Gasteiger partial charge in [0.2, 0.25) is 0 Å². The van der Waals surface area contributed by atoms with Gasteiger partial charge in [0.05, 0.1) is 13.7 Å². The second-order valence-electron chi connectivity index (χ2n) is 5.74. The number of benzene rings is 1. The van der Waals surface area contributed by atoms with Crippen LogP contribution in [0.2, 0.25) is 0 Å². The average molecular weight is 352 g/mol. The summed E-state index contributed by atoms with van der Waals surface area (Å²) < 4.78 is 12.2. The van der Waals surface area contributed by atoms with E-state index in [1.165, 1.54) is 0 Å². The molecule has 0 aliphatic heterocycles. The largest absolute Gasteiger partial charge is 0.494 e. The molecule has 26 heavy (non-hydrogen) atoms. The van der Waals surface area contributed by atoms with Crippen LogP contribution in [0.1, 0.15) is 28.7 Å². The lowest BCUT2D eigenvalue weighted by atomic mass is 10.2. The summed E-state index contributed by atoms with van der Waals surface area (Å²) in [5.74, 6) is 0.406. The quantitative estimate of drug-likeness (QED) is 0.498. The van der Waals surface area contributed by atoms with E-state index < -0.39 is 5.97 Å². The molecule has 0 bridgehead atoms. The number of nitrogens with zero attached hydrogens (tertiary/aromatic N) is 4. The van der Waals surface area contributed by atoms with Crippen LogP contribution in [-0.2, 0) is 4.74 Å². The van der Waals surface area contributed by atoms with Gasteiger partial charge in [-0.05, 0) is 50.6 Å². The smallest absolute Gasteiger partial charge is 0.360 e. The van der Waals surface area contributed by atoms with Crippen molar-refractivity contribution in [1.82, 2.24) is 9.38 Å². The number of esters is 1. The van der Waals surface area contributed by atoms with Gasteiger partial charge in [-0.25, -0.2) is 9.78 Å². The maximum atomic E-state index is 12.3. The molecule has 7 heteroatoms. The Morgan fingerprint density at radius 1 is 1.19 bits per heavy atom. The second kappa shape index (κ2) is 7.35. The molecule has 7 nitrogen and oxygen atoms in total. The van der Waals surface area contributed by atoms with Crippen molar-refractivity contribution in [1.29, 1.82) is 0 Å². The number of pyridine rings is 1. The molecule has 0 saturated carbocycles. The van der Waals surface area contributed by atoms with E-state index in [9.17, 15) is 4.79 Å². The highest BCUT2D eigenvalue weighted by Crippen LogP contribution is 2.31. The number of methoxy groups -OCH3 is 1. The number of aryl methyl sites for hydroxylation is 2. The fraction of sp³-hybridized carbons (Fsp3) is 0.263. The van der Waals surface area contributed by atoms with Crippen LogP contribution in [0.4, 0.5) is 11.5 Å². The van der Waals surface area contributed by atoms with Crippen molar-refractivity contribution in [3.05, 3.63) is 53.3 Å². The van der Waals surface area contributed by atoms with Gasteiger partial charge in [-0.2, -0.15) is 0 Å². The van der Waals surface area contributed by atoms with E-state index in [4.69, 9.17) is 9.47 Å². The van der Waals surface area contributed by atoms with Crippen LogP contribution in [-0.4, -0.2) is 29.1 Å². The van der Waals surface area contributed by atoms with Crippen molar-refractivity contribution < 1.29 is 14.3 Å². The zero-order valence-electron chi connectivity index (χ0n) is 15.2. The van der Waals surface area contributed by atoms with Gasteiger partial charge in [-0.1, -0.05) is 12.1 Å². The van der Waals surface area contributed by atoms with Crippen LogP contribution >= 0.6 is 0 Å². The standard InChI is InChI=1S/C19H20N4O3/c1-5-26-19(24)17-18(23-13(3)7-6-8-16(23)20-17)22-21-14-11-12(2)9-10-15(14)25-4/h6-11H,5H2,1-4H3. The first kappa shape index (κ1) is 17.6. The Labute approximate surface area is 151 Å². The highest BCUT2D eigenvalue weighted by atomic mass is 16.5. The summed E-state index contributed by atoms with van der Waals surface area (Å²) >= 11 is 0. The first-order chi connectivity index (χ1) is 12.5. The Morgan fingerprint density at radius 3 is 2.73 bits per heavy atom. The van der Waals surface area contributed by atoms with Crippen molar-refractivity contribution in [3.8, 4) is 5.75 Å². The number of rotatable bonds is 5. The minimum atomic E-state index is -0.527. The number of fused-ring (bicyclic) bond motifs is 1. The number of carbonyl (C=O) groups excluding carboxylic acids is 1. The van der Waals surface area contributed by atoms with E-state index in [2.05, 4.69) is 15.2 Å². The Balaban J connectivity index is 2.16. The van der Waals surface area contributed by atoms with E-state index >= 15 is 0 Å². The Morgan fingerprint density at radius 2 is 2.00 bits per heavy atom. The number of carbonyl (C=O) groups is 1. The Hall–Kier alpha value is -3.22. The molecule has 2 heterocycles. The summed E-state index contributed by atoms with van der Waals surface area (Å²) in [6, 6.07) is 11.2. The van der Waals surface area contributed by atoms with E-state index in [1.54, 1.807) is 18.4 Å². The van der Waals surface area contributed by atoms with Gasteiger partial charge >= 0.3 is 5.97 Å². The lowest BCUT2D eigenvalue weighted by Crippen LogP contribution is -2.05. The van der Waals surface area contributed by atoms with Crippen LogP contribution < -0.4 is 4.74 Å². The third-order valence-electron chi connectivity index (χ3n) is 3.87. The molecule has 0 saturated heterocycles. The predicted molar refractivity (Wildman–Crippen MR) is 97.8 cm³/mol. The Kier molecular flexibility index (Phi) is 4.97. The van der Waals surface area contributed by atoms with Crippen LogP contribution in [0.3, 0.4) is 0 Å². The number of imidazole rings is 1. The normalized spacial score (nSPS) is 11.2. The topological polar surface area (TPSA) is 77.5 Å². The molecule has 0 radical (unpaired) electrons. The fourth-order valence-corrected chi connectivity index (χ4v) is 2.64. The summed E-state index contributed by atoms with van der Waals surface area (Å²) in [5, 5.41) is 8.63. The number of azo groups is 1. The minimum absolute atomic E-state index is 0.136. The van der Waals surface area contributed by atoms with Crippen molar-refractivity contribution in [2.45, 2.75) is 20.8 Å². The number of hydrogen-bond acceptors (Lipinski definition) is 6. The second-order valence-corrected chi connectivity index (χ2v) is 5.74. The van der Waals surface area contributed by atoms with E-state index in [0.29, 0.717) is 22.9 Å². The number of hydrogen-bond donors (Lipinski definition) is 0. The molecule has 0 amide bonds. The third-order valence-corrected chi connectivity index (χ3v) is 3.87. The van der Waals surface area contributed by atoms with E-state index in [-0.39, 0.29) is 12.3 Å². The minimum Gasteiger partial charge on any atom is -0.494 e. The summed E-state index contributed by atoms with van der Waals surface area (Å²) in [6.45, 7) is 5.88. The molecule has 2 aromatic heterocycles. The molecule has 3 rings (SSSR count). The van der Waals surface area contributed by atoms with Gasteiger partial charge in [0.1, 0.15) is 17.1 Å². The van der Waals surface area contributed by atoms with Gasteiger partial charge in [-0.15, -0.1) is 10.2 Å². The predicted octanol–water partition coefficient (Wildman–Crippen LogP) is 4.55. The van der Waals surface area contributed by atoms with Crippen molar-refractivity contribution in [3.63, 3.8) is 0 Å². The van der Waals surface area contributed by atoms with Crippen LogP contribution in [0.5, 0.6) is 5.75 Å². The highest BCUT2D eigenvalue weighted by molar-refractivity contribution is 5.93. The monoisotopic (exact) mass is 352 g/mol. The average Bonchev–Trinajstić information content (AvgIpc) is 3.00. The number of aromatic nitrogens is 2. The van der Waals surface area contributed by atoms with Crippen LogP contribution in [0.25, 0.3) is 5.65 Å². The maximum absolute atomic E-state index is 12.3. The van der Waals surface area contributed by atoms with Gasteiger partial charge in [0, 0.05) is 5.69 Å². The summed E-state index contributed by atoms with van der Waals surface area (Å²) in [5.41, 5.74) is 3.23. The zero-order chi connectivity index (χ0) is 18.7. The van der Waals surface area contributed by atoms with Gasteiger partial charge in [0.25, 0.3) is 0 Å². The summed E-state index contributed by atoms with van der Waals surface area (Å²) in [6.07, 6.45) is 0. The molecule has 0 spiro atoms. The van der Waals surface area contributed by atoms with Crippen molar-refractivity contribution in [2.75, 3.05) is 13.7 Å². The summed E-state index contributed by atoms with van der Waals surface area (Å²) in [4.78, 5) is 16.7. The molecule has 0 aliphatic carbocycles. The first-order valence-electron chi connectivity index (χ1n) is 8.26. The van der Waals surface area contributed by atoms with E-state index in [1.807, 2.05) is 50.2 Å². The molecule has 0 unspecified atom stereocenters. The van der Waals surface area contributed by atoms with Crippen LogP contribution in [0, 0.1) is 13.8 Å². The number of ether oxygens (including phenoxy) is 2. The lowest BCUT2D eigenvalue weighted by Gasteiger charge is -2.05. The van der Waals surface area contributed by atoms with Crippen LogP contribution in [0.15, 0.2) is 46.6 Å². The highest BCUT2D eigenvalue weighted by Gasteiger charge is 2.21. The van der Waals surface area contributed by atoms with Gasteiger partial charge in [0.15, 0.2) is 11.5 Å². The molecule has 134 valence electrons.